The molecule has 0 saturated carbocycles. The van der Waals surface area contributed by atoms with Crippen LogP contribution in [0.5, 0.6) is 0 Å². The Labute approximate surface area is 67.6 Å². The molecule has 0 amide bonds. The van der Waals surface area contributed by atoms with Gasteiger partial charge < -0.3 is 15.6 Å². The Hall–Kier alpha value is -0.570. The van der Waals surface area contributed by atoms with E-state index < -0.39 is 11.9 Å². The molecule has 0 heterocycles. The fraction of sp³-hybridized carbons (Fsp3) is 0.875. The lowest BCUT2D eigenvalue weighted by Gasteiger charge is -2.34. The number of hydrogen-bond acceptors (Lipinski definition) is 3. The Kier molecular flexibility index (Phi) is 3.05. The van der Waals surface area contributed by atoms with E-state index in [1.807, 2.05) is 20.8 Å². The van der Waals surface area contributed by atoms with Gasteiger partial charge in [0.05, 0.1) is 0 Å². The van der Waals surface area contributed by atoms with Crippen molar-refractivity contribution in [3.63, 3.8) is 0 Å². The van der Waals surface area contributed by atoms with Gasteiger partial charge in [-0.05, 0) is 12.3 Å². The molecule has 0 rings (SSSR count). The molecule has 0 saturated heterocycles. The normalized spacial score (nSPS) is 17.5. The first-order chi connectivity index (χ1) is 4.76. The van der Waals surface area contributed by atoms with Crippen molar-refractivity contribution in [3.8, 4) is 0 Å². The summed E-state index contributed by atoms with van der Waals surface area (Å²) >= 11 is 0. The first kappa shape index (κ1) is 10.4. The van der Waals surface area contributed by atoms with Crippen LogP contribution in [0.2, 0.25) is 0 Å². The summed E-state index contributed by atoms with van der Waals surface area (Å²) in [6.07, 6.45) is 0. The van der Waals surface area contributed by atoms with E-state index in [1.165, 1.54) is 0 Å². The lowest BCUT2D eigenvalue weighted by Crippen LogP contribution is -2.48. The van der Waals surface area contributed by atoms with Crippen molar-refractivity contribution >= 4 is 5.97 Å². The molecule has 2 N–H and O–H groups in total. The van der Waals surface area contributed by atoms with Crippen molar-refractivity contribution in [3.05, 3.63) is 0 Å². The lowest BCUT2D eigenvalue weighted by molar-refractivity contribution is -0.315. The van der Waals surface area contributed by atoms with Gasteiger partial charge in [0.2, 0.25) is 0 Å². The molecule has 2 unspecified atom stereocenters. The van der Waals surface area contributed by atoms with Gasteiger partial charge in [0.25, 0.3) is 0 Å². The minimum absolute atomic E-state index is 0.326. The van der Waals surface area contributed by atoms with Gasteiger partial charge in [-0.1, -0.05) is 20.8 Å². The molecular weight excluding hydrogens is 142 g/mol. The molecule has 0 aliphatic rings. The van der Waals surface area contributed by atoms with Gasteiger partial charge in [0.15, 0.2) is 0 Å². The summed E-state index contributed by atoms with van der Waals surface area (Å²) in [7, 11) is 0. The number of carbonyl (C=O) groups excluding carboxylic acids is 1. The summed E-state index contributed by atoms with van der Waals surface area (Å²) < 4.78 is 0. The van der Waals surface area contributed by atoms with Crippen LogP contribution in [0.25, 0.3) is 0 Å². The molecule has 0 aromatic carbocycles. The quantitative estimate of drug-likeness (QED) is 0.602. The van der Waals surface area contributed by atoms with Gasteiger partial charge in [0.1, 0.15) is 0 Å². The number of carboxylic acids is 1. The van der Waals surface area contributed by atoms with E-state index in [2.05, 4.69) is 0 Å². The van der Waals surface area contributed by atoms with E-state index >= 15 is 0 Å². The van der Waals surface area contributed by atoms with Crippen molar-refractivity contribution < 1.29 is 9.90 Å². The molecule has 0 aliphatic carbocycles. The van der Waals surface area contributed by atoms with E-state index in [4.69, 9.17) is 5.73 Å². The van der Waals surface area contributed by atoms with Crippen molar-refractivity contribution in [2.45, 2.75) is 33.7 Å². The van der Waals surface area contributed by atoms with Crippen LogP contribution in [0.15, 0.2) is 0 Å². The molecule has 3 heteroatoms. The lowest BCUT2D eigenvalue weighted by atomic mass is 9.77. The second-order valence-electron chi connectivity index (χ2n) is 4.02. The Bertz CT molecular complexity index is 147. The average molecular weight is 158 g/mol. The molecule has 2 atom stereocenters. The molecule has 0 spiro atoms. The van der Waals surface area contributed by atoms with Gasteiger partial charge in [-0.3, -0.25) is 0 Å². The zero-order valence-electron chi connectivity index (χ0n) is 7.55. The van der Waals surface area contributed by atoms with E-state index in [0.717, 1.165) is 0 Å². The maximum Gasteiger partial charge on any atom is 0.0465 e. The number of carboxylic acid groups (broad SMARTS) is 1. The van der Waals surface area contributed by atoms with Crippen LogP contribution < -0.4 is 10.8 Å². The topological polar surface area (TPSA) is 66.2 Å². The van der Waals surface area contributed by atoms with Crippen LogP contribution in [0.4, 0.5) is 0 Å². The molecule has 0 radical (unpaired) electrons. The summed E-state index contributed by atoms with van der Waals surface area (Å²) in [5.74, 6) is -1.64. The highest BCUT2D eigenvalue weighted by molar-refractivity contribution is 5.69. The van der Waals surface area contributed by atoms with Gasteiger partial charge in [-0.2, -0.15) is 0 Å². The maximum atomic E-state index is 10.6. The zero-order valence-corrected chi connectivity index (χ0v) is 7.55. The number of nitrogens with two attached hydrogens (primary N) is 1. The Balaban J connectivity index is 4.49. The predicted octanol–water partition coefficient (Wildman–Crippen LogP) is -0.254. The van der Waals surface area contributed by atoms with Gasteiger partial charge >= 0.3 is 0 Å². The number of hydrogen-bond donors (Lipinski definition) is 1. The van der Waals surface area contributed by atoms with Crippen LogP contribution in [-0.4, -0.2) is 12.0 Å². The molecule has 11 heavy (non-hydrogen) atoms. The molecule has 0 aromatic heterocycles. The Morgan fingerprint density at radius 3 is 1.82 bits per heavy atom. The van der Waals surface area contributed by atoms with Crippen molar-refractivity contribution in [1.82, 2.24) is 0 Å². The number of rotatable bonds is 2. The highest BCUT2D eigenvalue weighted by Crippen LogP contribution is 2.27. The molecule has 0 fully saturated rings. The van der Waals surface area contributed by atoms with Crippen molar-refractivity contribution in [1.29, 1.82) is 0 Å². The molecular formula is C8H16NO2-. The minimum atomic E-state index is -1.06. The van der Waals surface area contributed by atoms with Gasteiger partial charge in [-0.25, -0.2) is 0 Å². The molecule has 66 valence electrons. The third-order valence-corrected chi connectivity index (χ3v) is 1.71. The molecule has 0 aliphatic heterocycles. The summed E-state index contributed by atoms with van der Waals surface area (Å²) in [4.78, 5) is 10.6. The predicted molar refractivity (Wildman–Crippen MR) is 41.6 cm³/mol. The summed E-state index contributed by atoms with van der Waals surface area (Å²) in [5, 5.41) is 10.6. The Morgan fingerprint density at radius 1 is 1.45 bits per heavy atom. The molecule has 3 nitrogen and oxygen atoms in total. The van der Waals surface area contributed by atoms with Gasteiger partial charge in [-0.15, -0.1) is 0 Å². The standard InChI is InChI=1S/C8H17NO2/c1-5(9)6(7(10)11)8(2,3)4/h5-6H,9H2,1-4H3,(H,10,11)/p-1. The summed E-state index contributed by atoms with van der Waals surface area (Å²) in [6, 6.07) is -0.361. The molecule has 0 bridgehead atoms. The maximum absolute atomic E-state index is 10.6. The fourth-order valence-corrected chi connectivity index (χ4v) is 1.36. The van der Waals surface area contributed by atoms with Crippen LogP contribution in [-0.2, 0) is 4.79 Å². The molecule has 0 aromatic rings. The van der Waals surface area contributed by atoms with Crippen molar-refractivity contribution in [2.24, 2.45) is 17.1 Å². The van der Waals surface area contributed by atoms with E-state index in [1.54, 1.807) is 6.92 Å². The largest absolute Gasteiger partial charge is 0.550 e. The van der Waals surface area contributed by atoms with Crippen LogP contribution >= 0.6 is 0 Å². The first-order valence-electron chi connectivity index (χ1n) is 3.73. The first-order valence-corrected chi connectivity index (χ1v) is 3.73. The highest BCUT2D eigenvalue weighted by Gasteiger charge is 2.28. The smallest absolute Gasteiger partial charge is 0.0465 e. The third-order valence-electron chi connectivity index (χ3n) is 1.71. The number of aliphatic carboxylic acids is 1. The van der Waals surface area contributed by atoms with Crippen LogP contribution in [0, 0.1) is 11.3 Å². The second-order valence-corrected chi connectivity index (χ2v) is 4.02. The minimum Gasteiger partial charge on any atom is -0.550 e. The van der Waals surface area contributed by atoms with Gasteiger partial charge in [0, 0.05) is 17.9 Å². The highest BCUT2D eigenvalue weighted by atomic mass is 16.4. The second kappa shape index (κ2) is 3.22. The van der Waals surface area contributed by atoms with Crippen molar-refractivity contribution in [2.75, 3.05) is 0 Å². The van der Waals surface area contributed by atoms with Crippen LogP contribution in [0.3, 0.4) is 0 Å². The van der Waals surface area contributed by atoms with E-state index in [9.17, 15) is 9.90 Å². The summed E-state index contributed by atoms with van der Waals surface area (Å²) in [6.45, 7) is 7.22. The number of carbonyl (C=O) groups is 1. The van der Waals surface area contributed by atoms with E-state index in [-0.39, 0.29) is 11.5 Å². The SMILES string of the molecule is CC(N)C(C(=O)[O-])C(C)(C)C. The monoisotopic (exact) mass is 158 g/mol. The third kappa shape index (κ3) is 2.89. The zero-order chi connectivity index (χ0) is 9.23. The average Bonchev–Trinajstić information content (AvgIpc) is 1.54. The fourth-order valence-electron chi connectivity index (χ4n) is 1.36. The van der Waals surface area contributed by atoms with Crippen LogP contribution in [0.1, 0.15) is 27.7 Å². The van der Waals surface area contributed by atoms with E-state index in [0.29, 0.717) is 0 Å². The summed E-state index contributed by atoms with van der Waals surface area (Å²) in [5.41, 5.74) is 5.18. The Morgan fingerprint density at radius 2 is 1.82 bits per heavy atom.